The monoisotopic (exact) mass is 322 g/mol. The predicted octanol–water partition coefficient (Wildman–Crippen LogP) is 1.06. The Labute approximate surface area is 132 Å². The first-order valence-corrected chi connectivity index (χ1v) is 8.23. The van der Waals surface area contributed by atoms with Gasteiger partial charge in [-0.3, -0.25) is 14.9 Å². The summed E-state index contributed by atoms with van der Waals surface area (Å²) in [6.07, 6.45) is 2.91. The summed E-state index contributed by atoms with van der Waals surface area (Å²) in [7, 11) is 0. The summed E-state index contributed by atoms with van der Waals surface area (Å²) < 4.78 is 0. The number of aromatic nitrogens is 1. The number of amides is 4. The van der Waals surface area contributed by atoms with Gasteiger partial charge >= 0.3 is 6.03 Å². The number of urea groups is 1. The number of imide groups is 1. The Kier molecular flexibility index (Phi) is 4.10. The zero-order valence-corrected chi connectivity index (χ0v) is 13.2. The molecule has 22 heavy (non-hydrogen) atoms. The molecule has 0 radical (unpaired) electrons. The first kappa shape index (κ1) is 15.0. The molecule has 1 N–H and O–H groups in total. The molecule has 2 saturated heterocycles. The Morgan fingerprint density at radius 3 is 2.91 bits per heavy atom. The van der Waals surface area contributed by atoms with Crippen LogP contribution < -0.4 is 5.32 Å². The topological polar surface area (TPSA) is 82.6 Å². The van der Waals surface area contributed by atoms with Crippen LogP contribution in [0.15, 0.2) is 5.38 Å². The molecule has 0 spiro atoms. The number of carbonyl (C=O) groups excluding carboxylic acids is 3. The van der Waals surface area contributed by atoms with Gasteiger partial charge in [-0.2, -0.15) is 0 Å². The molecule has 3 rings (SSSR count). The van der Waals surface area contributed by atoms with Crippen molar-refractivity contribution in [2.45, 2.75) is 32.2 Å². The van der Waals surface area contributed by atoms with Crippen molar-refractivity contribution >= 4 is 29.2 Å². The molecular weight excluding hydrogens is 304 g/mol. The Morgan fingerprint density at radius 1 is 1.45 bits per heavy atom. The lowest BCUT2D eigenvalue weighted by molar-refractivity contribution is -0.135. The van der Waals surface area contributed by atoms with E-state index in [1.807, 2.05) is 12.3 Å². The quantitative estimate of drug-likeness (QED) is 0.844. The smallest absolute Gasteiger partial charge is 0.325 e. The number of aryl methyl sites for hydroxylation is 1. The van der Waals surface area contributed by atoms with E-state index in [1.54, 1.807) is 16.2 Å². The fourth-order valence-electron chi connectivity index (χ4n) is 2.88. The second-order valence-electron chi connectivity index (χ2n) is 5.64. The third-order valence-corrected chi connectivity index (χ3v) is 5.00. The normalized spacial score (nSPS) is 22.1. The summed E-state index contributed by atoms with van der Waals surface area (Å²) in [6.45, 7) is 2.51. The van der Waals surface area contributed by atoms with Gasteiger partial charge in [-0.1, -0.05) is 0 Å². The van der Waals surface area contributed by atoms with Crippen LogP contribution in [-0.4, -0.2) is 52.3 Å². The molecule has 4 amide bonds. The van der Waals surface area contributed by atoms with Gasteiger partial charge in [0.1, 0.15) is 18.1 Å². The van der Waals surface area contributed by atoms with Crippen molar-refractivity contribution in [1.29, 1.82) is 0 Å². The van der Waals surface area contributed by atoms with E-state index in [0.29, 0.717) is 6.54 Å². The van der Waals surface area contributed by atoms with Crippen LogP contribution in [0.3, 0.4) is 0 Å². The fraction of sp³-hybridized carbons (Fsp3) is 0.571. The number of hydrogen-bond acceptors (Lipinski definition) is 5. The first-order valence-electron chi connectivity index (χ1n) is 7.35. The average Bonchev–Trinajstić information content (AvgIpc) is 3.05. The van der Waals surface area contributed by atoms with Crippen LogP contribution in [0.2, 0.25) is 0 Å². The van der Waals surface area contributed by atoms with E-state index in [2.05, 4.69) is 10.3 Å². The molecule has 2 aliphatic rings. The molecule has 0 aromatic carbocycles. The average molecular weight is 322 g/mol. The molecule has 0 aliphatic carbocycles. The Bertz CT molecular complexity index is 615. The van der Waals surface area contributed by atoms with Crippen molar-refractivity contribution < 1.29 is 14.4 Å². The van der Waals surface area contributed by atoms with Crippen molar-refractivity contribution in [1.82, 2.24) is 20.1 Å². The van der Waals surface area contributed by atoms with E-state index in [0.717, 1.165) is 30.0 Å². The molecule has 8 heteroatoms. The Hall–Kier alpha value is -1.96. The van der Waals surface area contributed by atoms with Gasteiger partial charge in [-0.15, -0.1) is 11.3 Å². The molecule has 0 bridgehead atoms. The van der Waals surface area contributed by atoms with E-state index in [4.69, 9.17) is 0 Å². The number of nitrogens with zero attached hydrogens (tertiary/aromatic N) is 3. The minimum Gasteiger partial charge on any atom is -0.332 e. The third kappa shape index (κ3) is 2.96. The van der Waals surface area contributed by atoms with Crippen LogP contribution in [0.25, 0.3) is 0 Å². The van der Waals surface area contributed by atoms with Crippen LogP contribution >= 0.6 is 11.3 Å². The van der Waals surface area contributed by atoms with Crippen LogP contribution in [0.1, 0.15) is 36.0 Å². The van der Waals surface area contributed by atoms with Gasteiger partial charge in [0.15, 0.2) is 0 Å². The minimum atomic E-state index is -0.489. The summed E-state index contributed by atoms with van der Waals surface area (Å²) in [4.78, 5) is 42.9. The van der Waals surface area contributed by atoms with Gasteiger partial charge < -0.3 is 9.80 Å². The molecular formula is C14H18N4O3S. The zero-order valence-electron chi connectivity index (χ0n) is 12.4. The predicted molar refractivity (Wildman–Crippen MR) is 80.3 cm³/mol. The number of likely N-dealkylation sites (tertiary alicyclic amines) is 1. The van der Waals surface area contributed by atoms with E-state index >= 15 is 0 Å². The Morgan fingerprint density at radius 2 is 2.27 bits per heavy atom. The molecule has 2 fully saturated rings. The highest BCUT2D eigenvalue weighted by Crippen LogP contribution is 2.32. The van der Waals surface area contributed by atoms with Crippen molar-refractivity contribution in [3.8, 4) is 0 Å². The largest absolute Gasteiger partial charge is 0.332 e. The minimum absolute atomic E-state index is 0.0127. The van der Waals surface area contributed by atoms with Crippen LogP contribution in [0, 0.1) is 6.92 Å². The second-order valence-corrected chi connectivity index (χ2v) is 6.52. The molecule has 1 aromatic heterocycles. The van der Waals surface area contributed by atoms with E-state index in [9.17, 15) is 14.4 Å². The van der Waals surface area contributed by atoms with E-state index in [-0.39, 0.29) is 30.9 Å². The molecule has 118 valence electrons. The number of carbonyl (C=O) groups is 3. The SMILES string of the molecule is Cc1csc([C@@H]2CCCCN2C(=O)CN2CC(=O)NC2=O)n1. The van der Waals surface area contributed by atoms with Gasteiger partial charge in [0.2, 0.25) is 11.8 Å². The van der Waals surface area contributed by atoms with Crippen LogP contribution in [0.4, 0.5) is 4.79 Å². The third-order valence-electron chi connectivity index (χ3n) is 3.94. The lowest BCUT2D eigenvalue weighted by Gasteiger charge is -2.35. The van der Waals surface area contributed by atoms with Crippen molar-refractivity contribution in [3.05, 3.63) is 16.1 Å². The van der Waals surface area contributed by atoms with Gasteiger partial charge in [0.25, 0.3) is 0 Å². The molecule has 7 nitrogen and oxygen atoms in total. The lowest BCUT2D eigenvalue weighted by Crippen LogP contribution is -2.45. The number of hydrogen-bond donors (Lipinski definition) is 1. The Balaban J connectivity index is 1.71. The van der Waals surface area contributed by atoms with Gasteiger partial charge in [0, 0.05) is 17.6 Å². The molecule has 0 saturated carbocycles. The molecule has 3 heterocycles. The molecule has 1 aromatic rings. The highest BCUT2D eigenvalue weighted by molar-refractivity contribution is 7.09. The lowest BCUT2D eigenvalue weighted by atomic mass is 10.0. The van der Waals surface area contributed by atoms with Crippen LogP contribution in [0.5, 0.6) is 0 Å². The summed E-state index contributed by atoms with van der Waals surface area (Å²) in [5, 5.41) is 5.13. The molecule has 2 aliphatic heterocycles. The number of nitrogens with one attached hydrogen (secondary N) is 1. The van der Waals surface area contributed by atoms with Gasteiger partial charge in [-0.25, -0.2) is 9.78 Å². The zero-order chi connectivity index (χ0) is 15.7. The maximum Gasteiger partial charge on any atom is 0.325 e. The molecule has 0 unspecified atom stereocenters. The van der Waals surface area contributed by atoms with Crippen molar-refractivity contribution in [2.24, 2.45) is 0 Å². The second kappa shape index (κ2) is 6.04. The summed E-state index contributed by atoms with van der Waals surface area (Å²) >= 11 is 1.57. The highest BCUT2D eigenvalue weighted by Gasteiger charge is 2.34. The van der Waals surface area contributed by atoms with Gasteiger partial charge in [0.05, 0.1) is 6.04 Å². The van der Waals surface area contributed by atoms with E-state index in [1.165, 1.54) is 4.90 Å². The maximum atomic E-state index is 12.6. The van der Waals surface area contributed by atoms with Crippen molar-refractivity contribution in [2.75, 3.05) is 19.6 Å². The number of thiazole rings is 1. The molecule has 1 atom stereocenters. The summed E-state index contributed by atoms with van der Waals surface area (Å²) in [5.74, 6) is -0.481. The van der Waals surface area contributed by atoms with E-state index < -0.39 is 6.03 Å². The van der Waals surface area contributed by atoms with Gasteiger partial charge in [-0.05, 0) is 26.2 Å². The summed E-state index contributed by atoms with van der Waals surface area (Å²) in [6, 6.07) is -0.502. The van der Waals surface area contributed by atoms with Crippen molar-refractivity contribution in [3.63, 3.8) is 0 Å². The standard InChI is InChI=1S/C14H18N4O3S/c1-9-8-22-13(15-9)10-4-2-3-5-18(10)12(20)7-17-6-11(19)16-14(17)21/h8,10H,2-7H2,1H3,(H,16,19,21)/t10-/m0/s1. The highest BCUT2D eigenvalue weighted by atomic mass is 32.1. The number of rotatable bonds is 3. The summed E-state index contributed by atoms with van der Waals surface area (Å²) in [5.41, 5.74) is 0.961. The fourth-order valence-corrected chi connectivity index (χ4v) is 3.82. The maximum absolute atomic E-state index is 12.6. The first-order chi connectivity index (χ1) is 10.5. The number of piperidine rings is 1. The van der Waals surface area contributed by atoms with Crippen LogP contribution in [-0.2, 0) is 9.59 Å².